The molecule has 1 aromatic rings. The van der Waals surface area contributed by atoms with Crippen LogP contribution in [0.5, 0.6) is 5.75 Å². The molecule has 0 aliphatic carbocycles. The first kappa shape index (κ1) is 14.2. The molecule has 1 rings (SSSR count). The van der Waals surface area contributed by atoms with E-state index >= 15 is 0 Å². The van der Waals surface area contributed by atoms with E-state index < -0.39 is 12.1 Å². The van der Waals surface area contributed by atoms with Crippen LogP contribution in [-0.4, -0.2) is 16.3 Å². The van der Waals surface area contributed by atoms with Gasteiger partial charge in [-0.05, 0) is 23.6 Å². The lowest BCUT2D eigenvalue weighted by Crippen LogP contribution is -2.30. The van der Waals surface area contributed by atoms with Gasteiger partial charge in [0.1, 0.15) is 5.75 Å². The molecule has 0 bridgehead atoms. The molecule has 86 valence electrons. The first-order chi connectivity index (χ1) is 6.52. The van der Waals surface area contributed by atoms with Crippen LogP contribution in [0.2, 0.25) is 0 Å². The van der Waals surface area contributed by atoms with Gasteiger partial charge in [0.2, 0.25) is 0 Å². The lowest BCUT2D eigenvalue weighted by atomic mass is 9.94. The summed E-state index contributed by atoms with van der Waals surface area (Å²) in [6.45, 7) is 3.82. The van der Waals surface area contributed by atoms with Crippen molar-refractivity contribution in [2.75, 3.05) is 0 Å². The third-order valence-electron chi connectivity index (χ3n) is 2.31. The summed E-state index contributed by atoms with van der Waals surface area (Å²) in [6, 6.07) is 6.24. The second-order valence-corrected chi connectivity index (χ2v) is 3.86. The van der Waals surface area contributed by atoms with Crippen LogP contribution in [0.4, 0.5) is 0 Å². The minimum absolute atomic E-state index is 0. The van der Waals surface area contributed by atoms with E-state index in [-0.39, 0.29) is 24.1 Å². The van der Waals surface area contributed by atoms with Gasteiger partial charge in [-0.15, -0.1) is 12.4 Å². The molecule has 0 saturated heterocycles. The zero-order valence-corrected chi connectivity index (χ0v) is 9.74. The fourth-order valence-corrected chi connectivity index (χ4v) is 1.34. The first-order valence-corrected chi connectivity index (χ1v) is 4.75. The number of benzene rings is 1. The third-order valence-corrected chi connectivity index (χ3v) is 2.31. The number of aromatic hydroxyl groups is 1. The smallest absolute Gasteiger partial charge is 0.115 e. The highest BCUT2D eigenvalue weighted by molar-refractivity contribution is 5.85. The monoisotopic (exact) mass is 231 g/mol. The van der Waals surface area contributed by atoms with E-state index in [9.17, 15) is 10.2 Å². The van der Waals surface area contributed by atoms with Crippen LogP contribution < -0.4 is 5.73 Å². The van der Waals surface area contributed by atoms with Gasteiger partial charge >= 0.3 is 0 Å². The number of phenols is 1. The van der Waals surface area contributed by atoms with E-state index in [0.717, 1.165) is 5.56 Å². The van der Waals surface area contributed by atoms with Crippen molar-refractivity contribution in [3.8, 4) is 5.75 Å². The van der Waals surface area contributed by atoms with Crippen molar-refractivity contribution in [2.24, 2.45) is 11.7 Å². The van der Waals surface area contributed by atoms with Crippen molar-refractivity contribution < 1.29 is 10.2 Å². The summed E-state index contributed by atoms with van der Waals surface area (Å²) in [7, 11) is 0. The number of halogens is 1. The Bertz CT molecular complexity index is 304. The largest absolute Gasteiger partial charge is 0.508 e. The maximum absolute atomic E-state index is 9.73. The summed E-state index contributed by atoms with van der Waals surface area (Å²) in [5.74, 6) is 0.279. The van der Waals surface area contributed by atoms with Crippen molar-refractivity contribution in [1.29, 1.82) is 0 Å². The number of rotatable bonds is 3. The first-order valence-electron chi connectivity index (χ1n) is 4.75. The molecule has 0 aromatic heterocycles. The molecule has 1 aromatic carbocycles. The lowest BCUT2D eigenvalue weighted by Gasteiger charge is -2.22. The van der Waals surface area contributed by atoms with Crippen molar-refractivity contribution in [2.45, 2.75) is 26.0 Å². The van der Waals surface area contributed by atoms with Crippen molar-refractivity contribution >= 4 is 12.4 Å². The van der Waals surface area contributed by atoms with Gasteiger partial charge in [-0.1, -0.05) is 26.0 Å². The minimum atomic E-state index is -0.586. The molecule has 15 heavy (non-hydrogen) atoms. The zero-order chi connectivity index (χ0) is 10.7. The van der Waals surface area contributed by atoms with E-state index in [1.54, 1.807) is 24.3 Å². The quantitative estimate of drug-likeness (QED) is 0.744. The normalized spacial score (nSPS) is 14.5. The Kier molecular flexibility index (Phi) is 5.65. The van der Waals surface area contributed by atoms with Gasteiger partial charge < -0.3 is 15.9 Å². The number of hydrogen-bond acceptors (Lipinski definition) is 3. The molecule has 0 spiro atoms. The maximum Gasteiger partial charge on any atom is 0.115 e. The molecular weight excluding hydrogens is 214 g/mol. The number of hydrogen-bond donors (Lipinski definition) is 3. The molecule has 0 aliphatic heterocycles. The number of nitrogens with two attached hydrogens (primary N) is 1. The van der Waals surface area contributed by atoms with E-state index in [1.165, 1.54) is 0 Å². The highest BCUT2D eigenvalue weighted by atomic mass is 35.5. The number of phenolic OH excluding ortho intramolecular Hbond substituents is 1. The Balaban J connectivity index is 0.00000196. The average Bonchev–Trinajstić information content (AvgIpc) is 2.15. The molecule has 3 nitrogen and oxygen atoms in total. The van der Waals surface area contributed by atoms with Gasteiger partial charge in [-0.25, -0.2) is 0 Å². The van der Waals surface area contributed by atoms with E-state index in [0.29, 0.717) is 0 Å². The SMILES string of the molecule is CC(C)[C@@H](O)[C@@H](N)c1cccc(O)c1.Cl. The topological polar surface area (TPSA) is 66.5 Å². The van der Waals surface area contributed by atoms with Gasteiger partial charge in [-0.3, -0.25) is 0 Å². The van der Waals surface area contributed by atoms with Gasteiger partial charge in [0.25, 0.3) is 0 Å². The molecule has 0 saturated carbocycles. The number of aliphatic hydroxyl groups excluding tert-OH is 1. The Morgan fingerprint density at radius 3 is 2.33 bits per heavy atom. The van der Waals surface area contributed by atoms with Crippen LogP contribution in [0.1, 0.15) is 25.5 Å². The predicted octanol–water partition coefficient (Wildman–Crippen LogP) is 1.83. The molecule has 0 unspecified atom stereocenters. The summed E-state index contributed by atoms with van der Waals surface area (Å²) < 4.78 is 0. The Morgan fingerprint density at radius 2 is 1.87 bits per heavy atom. The Hall–Kier alpha value is -0.770. The molecular formula is C11H18ClNO2. The summed E-state index contributed by atoms with van der Waals surface area (Å²) in [6.07, 6.45) is -0.586. The maximum atomic E-state index is 9.73. The third kappa shape index (κ3) is 3.70. The van der Waals surface area contributed by atoms with Crippen molar-refractivity contribution in [3.05, 3.63) is 29.8 Å². The van der Waals surface area contributed by atoms with Gasteiger partial charge in [-0.2, -0.15) is 0 Å². The van der Waals surface area contributed by atoms with Gasteiger partial charge in [0.15, 0.2) is 0 Å². The fourth-order valence-electron chi connectivity index (χ4n) is 1.34. The van der Waals surface area contributed by atoms with Gasteiger partial charge in [0.05, 0.1) is 12.1 Å². The van der Waals surface area contributed by atoms with Crippen LogP contribution in [0.15, 0.2) is 24.3 Å². The molecule has 0 amide bonds. The molecule has 0 radical (unpaired) electrons. The van der Waals surface area contributed by atoms with Crippen molar-refractivity contribution in [3.63, 3.8) is 0 Å². The average molecular weight is 232 g/mol. The molecule has 0 aliphatic rings. The second-order valence-electron chi connectivity index (χ2n) is 3.86. The summed E-state index contributed by atoms with van der Waals surface area (Å²) >= 11 is 0. The molecule has 0 heterocycles. The van der Waals surface area contributed by atoms with Crippen LogP contribution in [0.25, 0.3) is 0 Å². The zero-order valence-electron chi connectivity index (χ0n) is 8.92. The van der Waals surface area contributed by atoms with E-state index in [4.69, 9.17) is 5.73 Å². The molecule has 0 fully saturated rings. The van der Waals surface area contributed by atoms with Crippen LogP contribution in [0.3, 0.4) is 0 Å². The second kappa shape index (κ2) is 5.95. The Morgan fingerprint density at radius 1 is 1.27 bits per heavy atom. The highest BCUT2D eigenvalue weighted by Crippen LogP contribution is 2.22. The minimum Gasteiger partial charge on any atom is -0.508 e. The summed E-state index contributed by atoms with van der Waals surface area (Å²) in [5, 5.41) is 19.0. The van der Waals surface area contributed by atoms with Crippen LogP contribution in [-0.2, 0) is 0 Å². The number of aliphatic hydroxyl groups is 1. The lowest BCUT2D eigenvalue weighted by molar-refractivity contribution is 0.0979. The van der Waals surface area contributed by atoms with Gasteiger partial charge in [0, 0.05) is 0 Å². The van der Waals surface area contributed by atoms with Crippen LogP contribution >= 0.6 is 12.4 Å². The Labute approximate surface area is 96.3 Å². The molecule has 2 atom stereocenters. The van der Waals surface area contributed by atoms with E-state index in [2.05, 4.69) is 0 Å². The fraction of sp³-hybridized carbons (Fsp3) is 0.455. The molecule has 4 heteroatoms. The standard InChI is InChI=1S/C11H17NO2.ClH/c1-7(2)11(14)10(12)8-4-3-5-9(13)6-8;/h3-7,10-11,13-14H,12H2,1-2H3;1H/t10-,11+;/m0./s1. The highest BCUT2D eigenvalue weighted by Gasteiger charge is 2.19. The van der Waals surface area contributed by atoms with Crippen molar-refractivity contribution in [1.82, 2.24) is 0 Å². The van der Waals surface area contributed by atoms with Crippen LogP contribution in [0, 0.1) is 5.92 Å². The predicted molar refractivity (Wildman–Crippen MR) is 63.1 cm³/mol. The van der Waals surface area contributed by atoms with E-state index in [1.807, 2.05) is 13.8 Å². The molecule has 4 N–H and O–H groups in total. The summed E-state index contributed by atoms with van der Waals surface area (Å²) in [4.78, 5) is 0. The summed E-state index contributed by atoms with van der Waals surface area (Å²) in [5.41, 5.74) is 6.60.